The second-order valence-corrected chi connectivity index (χ2v) is 5.75. The second-order valence-electron chi connectivity index (χ2n) is 5.75. The number of ether oxygens (including phenoxy) is 1. The zero-order valence-electron chi connectivity index (χ0n) is 13.3. The molecular weight excluding hydrogens is 266 g/mol. The van der Waals surface area contributed by atoms with Crippen LogP contribution < -0.4 is 4.74 Å². The summed E-state index contributed by atoms with van der Waals surface area (Å²) >= 11 is 0. The van der Waals surface area contributed by atoms with E-state index in [0.717, 1.165) is 31.4 Å². The van der Waals surface area contributed by atoms with Crippen LogP contribution in [0.5, 0.6) is 5.75 Å². The van der Waals surface area contributed by atoms with Gasteiger partial charge in [-0.25, -0.2) is 0 Å². The number of methoxy groups -OCH3 is 1. The van der Waals surface area contributed by atoms with Crippen molar-refractivity contribution in [2.45, 2.75) is 38.6 Å². The quantitative estimate of drug-likeness (QED) is 0.756. The molecule has 0 unspecified atom stereocenters. The molecular formula is C16H25N3O2. The molecule has 0 amide bonds. The van der Waals surface area contributed by atoms with Gasteiger partial charge in [-0.2, -0.15) is 5.10 Å². The van der Waals surface area contributed by atoms with Crippen molar-refractivity contribution >= 4 is 5.78 Å². The van der Waals surface area contributed by atoms with E-state index < -0.39 is 0 Å². The molecule has 21 heavy (non-hydrogen) atoms. The number of carbonyl (C=O) groups excluding carboxylic acids is 1. The number of aromatic nitrogens is 2. The van der Waals surface area contributed by atoms with Crippen molar-refractivity contribution in [3.8, 4) is 5.75 Å². The predicted octanol–water partition coefficient (Wildman–Crippen LogP) is 2.53. The van der Waals surface area contributed by atoms with Crippen LogP contribution in [0.25, 0.3) is 0 Å². The Morgan fingerprint density at radius 2 is 2.19 bits per heavy atom. The molecule has 1 aliphatic carbocycles. The molecule has 0 aliphatic heterocycles. The number of rotatable bonds is 6. The average Bonchev–Trinajstić information content (AvgIpc) is 2.68. The number of allylic oxidation sites excluding steroid dienone is 2. The van der Waals surface area contributed by atoms with Gasteiger partial charge in [0.1, 0.15) is 0 Å². The molecule has 1 heterocycles. The smallest absolute Gasteiger partial charge is 0.210 e. The average molecular weight is 291 g/mol. The molecule has 5 nitrogen and oxygen atoms in total. The first kappa shape index (κ1) is 15.8. The summed E-state index contributed by atoms with van der Waals surface area (Å²) in [7, 11) is 5.61. The summed E-state index contributed by atoms with van der Waals surface area (Å²) < 4.78 is 7.10. The number of Topliss-reactive ketones (excluding diaryl/α,β-unsaturated/α-hetero) is 1. The van der Waals surface area contributed by atoms with E-state index in [2.05, 4.69) is 16.1 Å². The van der Waals surface area contributed by atoms with E-state index in [1.165, 1.54) is 12.8 Å². The van der Waals surface area contributed by atoms with Crippen molar-refractivity contribution in [2.75, 3.05) is 27.7 Å². The third-order valence-electron chi connectivity index (χ3n) is 3.83. The summed E-state index contributed by atoms with van der Waals surface area (Å²) in [4.78, 5) is 14.9. The first-order valence-corrected chi connectivity index (χ1v) is 7.61. The van der Waals surface area contributed by atoms with Gasteiger partial charge in [0.25, 0.3) is 0 Å². The molecule has 1 aliphatic rings. The van der Waals surface area contributed by atoms with Gasteiger partial charge >= 0.3 is 0 Å². The van der Waals surface area contributed by atoms with Crippen molar-refractivity contribution in [3.05, 3.63) is 23.5 Å². The van der Waals surface area contributed by atoms with Gasteiger partial charge in [0.05, 0.1) is 19.9 Å². The zero-order valence-corrected chi connectivity index (χ0v) is 13.3. The summed E-state index contributed by atoms with van der Waals surface area (Å²) in [6, 6.07) is 0. The highest BCUT2D eigenvalue weighted by molar-refractivity contribution is 6.09. The molecule has 116 valence electrons. The van der Waals surface area contributed by atoms with Gasteiger partial charge in [-0.15, -0.1) is 0 Å². The lowest BCUT2D eigenvalue weighted by atomic mass is 10.0. The minimum Gasteiger partial charge on any atom is -0.493 e. The van der Waals surface area contributed by atoms with Crippen LogP contribution in [0.4, 0.5) is 0 Å². The fraction of sp³-hybridized carbons (Fsp3) is 0.625. The maximum atomic E-state index is 12.8. The van der Waals surface area contributed by atoms with Gasteiger partial charge in [0.2, 0.25) is 5.78 Å². The number of nitrogens with zero attached hydrogens (tertiary/aromatic N) is 3. The third kappa shape index (κ3) is 3.94. The van der Waals surface area contributed by atoms with Crippen LogP contribution in [-0.2, 0) is 6.54 Å². The molecule has 0 fully saturated rings. The van der Waals surface area contributed by atoms with Crippen molar-refractivity contribution in [1.82, 2.24) is 14.7 Å². The molecule has 0 atom stereocenters. The Labute approximate surface area is 126 Å². The van der Waals surface area contributed by atoms with Crippen LogP contribution in [0.1, 0.15) is 42.6 Å². The Morgan fingerprint density at radius 1 is 1.38 bits per heavy atom. The molecule has 0 aromatic carbocycles. The molecule has 0 saturated carbocycles. The maximum Gasteiger partial charge on any atom is 0.210 e. The monoisotopic (exact) mass is 291 g/mol. The first-order chi connectivity index (χ1) is 10.1. The number of ketones is 1. The number of hydrogen-bond donors (Lipinski definition) is 0. The Balaban J connectivity index is 2.25. The lowest BCUT2D eigenvalue weighted by Crippen LogP contribution is -2.22. The molecule has 0 spiro atoms. The van der Waals surface area contributed by atoms with Crippen LogP contribution in [-0.4, -0.2) is 48.2 Å². The lowest BCUT2D eigenvalue weighted by molar-refractivity contribution is 0.101. The topological polar surface area (TPSA) is 47.4 Å². The van der Waals surface area contributed by atoms with Gasteiger partial charge in [-0.1, -0.05) is 12.5 Å². The largest absolute Gasteiger partial charge is 0.493 e. The SMILES string of the molecule is COc1cnn(CCN(C)C)c1C(=O)C1=CCCCCC1. The molecule has 5 heteroatoms. The number of carbonyl (C=O) groups is 1. The predicted molar refractivity (Wildman–Crippen MR) is 82.8 cm³/mol. The summed E-state index contributed by atoms with van der Waals surface area (Å²) in [5.74, 6) is 0.647. The number of hydrogen-bond acceptors (Lipinski definition) is 4. The van der Waals surface area contributed by atoms with Crippen molar-refractivity contribution < 1.29 is 9.53 Å². The van der Waals surface area contributed by atoms with E-state index in [1.54, 1.807) is 18.0 Å². The summed E-state index contributed by atoms with van der Waals surface area (Å²) in [5.41, 5.74) is 1.50. The van der Waals surface area contributed by atoms with Gasteiger partial charge in [0.15, 0.2) is 11.4 Å². The fourth-order valence-electron chi connectivity index (χ4n) is 2.58. The van der Waals surface area contributed by atoms with Gasteiger partial charge in [0, 0.05) is 6.54 Å². The van der Waals surface area contributed by atoms with Gasteiger partial charge in [-0.3, -0.25) is 9.48 Å². The summed E-state index contributed by atoms with van der Waals surface area (Å²) in [6.07, 6.45) is 9.05. The van der Waals surface area contributed by atoms with E-state index in [4.69, 9.17) is 4.74 Å². The van der Waals surface area contributed by atoms with Crippen LogP contribution in [0.2, 0.25) is 0 Å². The fourth-order valence-corrected chi connectivity index (χ4v) is 2.58. The molecule has 1 aromatic rings. The highest BCUT2D eigenvalue weighted by atomic mass is 16.5. The Bertz CT molecular complexity index is 518. The minimum absolute atomic E-state index is 0.0741. The molecule has 0 N–H and O–H groups in total. The van der Waals surface area contributed by atoms with Crippen LogP contribution in [0.15, 0.2) is 17.8 Å². The van der Waals surface area contributed by atoms with Crippen molar-refractivity contribution in [2.24, 2.45) is 0 Å². The molecule has 0 saturated heterocycles. The highest BCUT2D eigenvalue weighted by Crippen LogP contribution is 2.26. The summed E-state index contributed by atoms with van der Waals surface area (Å²) in [6.45, 7) is 1.52. The van der Waals surface area contributed by atoms with Crippen LogP contribution in [0.3, 0.4) is 0 Å². The number of likely N-dealkylation sites (N-methyl/N-ethyl adjacent to an activating group) is 1. The van der Waals surface area contributed by atoms with Crippen molar-refractivity contribution in [1.29, 1.82) is 0 Å². The molecule has 2 rings (SSSR count). The normalized spacial score (nSPS) is 15.7. The van der Waals surface area contributed by atoms with E-state index in [0.29, 0.717) is 18.0 Å². The highest BCUT2D eigenvalue weighted by Gasteiger charge is 2.23. The molecule has 0 radical (unpaired) electrons. The van der Waals surface area contributed by atoms with E-state index in [-0.39, 0.29) is 5.78 Å². The zero-order chi connectivity index (χ0) is 15.2. The lowest BCUT2D eigenvalue weighted by Gasteiger charge is -2.13. The van der Waals surface area contributed by atoms with E-state index in [1.807, 2.05) is 14.1 Å². The third-order valence-corrected chi connectivity index (χ3v) is 3.83. The standard InChI is InChI=1S/C16H25N3O2/c1-18(2)10-11-19-15(14(21-3)12-17-19)16(20)13-8-6-4-5-7-9-13/h8,12H,4-7,9-11H2,1-3H3. The minimum atomic E-state index is 0.0741. The van der Waals surface area contributed by atoms with Crippen molar-refractivity contribution in [3.63, 3.8) is 0 Å². The van der Waals surface area contributed by atoms with Gasteiger partial charge < -0.3 is 9.64 Å². The second kappa shape index (κ2) is 7.41. The summed E-state index contributed by atoms with van der Waals surface area (Å²) in [5, 5.41) is 4.32. The Kier molecular flexibility index (Phi) is 5.56. The van der Waals surface area contributed by atoms with Gasteiger partial charge in [-0.05, 0) is 45.4 Å². The Morgan fingerprint density at radius 3 is 2.90 bits per heavy atom. The van der Waals surface area contributed by atoms with Crippen LogP contribution >= 0.6 is 0 Å². The van der Waals surface area contributed by atoms with E-state index in [9.17, 15) is 4.79 Å². The molecule has 0 bridgehead atoms. The van der Waals surface area contributed by atoms with Crippen LogP contribution in [0, 0.1) is 0 Å². The molecule has 1 aromatic heterocycles. The Hall–Kier alpha value is -1.62. The van der Waals surface area contributed by atoms with E-state index >= 15 is 0 Å². The first-order valence-electron chi connectivity index (χ1n) is 7.61. The maximum absolute atomic E-state index is 12.8.